The van der Waals surface area contributed by atoms with Gasteiger partial charge in [-0.1, -0.05) is 24.3 Å². The summed E-state index contributed by atoms with van der Waals surface area (Å²) >= 11 is 0. The molecule has 1 N–H and O–H groups in total. The van der Waals surface area contributed by atoms with Gasteiger partial charge in [0.2, 0.25) is 0 Å². The maximum atomic E-state index is 13.3. The summed E-state index contributed by atoms with van der Waals surface area (Å²) in [6.07, 6.45) is 1.60. The van der Waals surface area contributed by atoms with E-state index < -0.39 is 0 Å². The molecule has 0 aliphatic heterocycles. The van der Waals surface area contributed by atoms with Crippen molar-refractivity contribution in [2.24, 2.45) is 5.10 Å². The smallest absolute Gasteiger partial charge is 0.260 e. The Balaban J connectivity index is 1.40. The van der Waals surface area contributed by atoms with Crippen LogP contribution < -0.4 is 10.9 Å². The van der Waals surface area contributed by atoms with Crippen molar-refractivity contribution < 1.29 is 9.18 Å². The number of rotatable bonds is 5. The van der Waals surface area contributed by atoms with E-state index >= 15 is 0 Å². The van der Waals surface area contributed by atoms with E-state index in [0.29, 0.717) is 21.8 Å². The average molecular weight is 467 g/mol. The van der Waals surface area contributed by atoms with Crippen LogP contribution in [0.5, 0.6) is 0 Å². The lowest BCUT2D eigenvalue weighted by molar-refractivity contribution is -0.121. The molecule has 35 heavy (non-hydrogen) atoms. The van der Waals surface area contributed by atoms with Gasteiger partial charge in [0.1, 0.15) is 12.4 Å². The zero-order valence-corrected chi connectivity index (χ0v) is 19.3. The van der Waals surface area contributed by atoms with Crippen LogP contribution in [0, 0.1) is 19.7 Å². The Kier molecular flexibility index (Phi) is 5.74. The highest BCUT2D eigenvalue weighted by Gasteiger charge is 2.13. The quantitative estimate of drug-likeness (QED) is 0.229. The molecule has 0 radical (unpaired) electrons. The zero-order chi connectivity index (χ0) is 24.5. The van der Waals surface area contributed by atoms with Gasteiger partial charge in [-0.15, -0.1) is 0 Å². The van der Waals surface area contributed by atoms with Gasteiger partial charge in [0.25, 0.3) is 5.91 Å². The van der Waals surface area contributed by atoms with Crippen LogP contribution in [0.25, 0.3) is 27.5 Å². The Morgan fingerprint density at radius 1 is 0.943 bits per heavy atom. The fourth-order valence-electron chi connectivity index (χ4n) is 4.51. The molecule has 0 unspecified atom stereocenters. The van der Waals surface area contributed by atoms with Crippen molar-refractivity contribution in [3.63, 3.8) is 0 Å². The van der Waals surface area contributed by atoms with E-state index in [1.807, 2.05) is 65.4 Å². The first-order valence-corrected chi connectivity index (χ1v) is 11.2. The van der Waals surface area contributed by atoms with E-state index in [2.05, 4.69) is 10.5 Å². The first-order chi connectivity index (χ1) is 16.9. The monoisotopic (exact) mass is 466 g/mol. The van der Waals surface area contributed by atoms with Crippen LogP contribution in [0.3, 0.4) is 0 Å². The maximum absolute atomic E-state index is 13.3. The van der Waals surface area contributed by atoms with Crippen molar-refractivity contribution in [1.82, 2.24) is 14.6 Å². The summed E-state index contributed by atoms with van der Waals surface area (Å²) in [6, 6.07) is 22.8. The van der Waals surface area contributed by atoms with Crippen molar-refractivity contribution in [2.45, 2.75) is 20.4 Å². The number of aromatic nitrogens is 2. The SMILES string of the molecule is Cc1cc(/C=N/NC(=O)Cn2c3ccccc3c(=O)c3ccccc32)c(C)n1-c1ccc(F)cc1. The zero-order valence-electron chi connectivity index (χ0n) is 19.3. The summed E-state index contributed by atoms with van der Waals surface area (Å²) in [7, 11) is 0. The number of benzene rings is 3. The first-order valence-electron chi connectivity index (χ1n) is 11.2. The fourth-order valence-corrected chi connectivity index (χ4v) is 4.51. The highest BCUT2D eigenvalue weighted by Crippen LogP contribution is 2.21. The molecular weight excluding hydrogens is 443 g/mol. The van der Waals surface area contributed by atoms with Gasteiger partial charge in [-0.3, -0.25) is 9.59 Å². The second-order valence-corrected chi connectivity index (χ2v) is 8.38. The van der Waals surface area contributed by atoms with Crippen molar-refractivity contribution in [3.8, 4) is 5.69 Å². The van der Waals surface area contributed by atoms with Crippen LogP contribution in [0.4, 0.5) is 4.39 Å². The van der Waals surface area contributed by atoms with Gasteiger partial charge < -0.3 is 9.13 Å². The largest absolute Gasteiger partial charge is 0.331 e. The molecule has 3 aromatic carbocycles. The van der Waals surface area contributed by atoms with Gasteiger partial charge in [0.05, 0.1) is 17.2 Å². The number of fused-ring (bicyclic) bond motifs is 2. The Morgan fingerprint density at radius 2 is 1.54 bits per heavy atom. The van der Waals surface area contributed by atoms with Gasteiger partial charge in [0.15, 0.2) is 5.43 Å². The summed E-state index contributed by atoms with van der Waals surface area (Å²) in [5.74, 6) is -0.600. The maximum Gasteiger partial charge on any atom is 0.260 e. The number of hydrazone groups is 1. The molecule has 2 aromatic heterocycles. The number of nitrogens with zero attached hydrogens (tertiary/aromatic N) is 3. The van der Waals surface area contributed by atoms with Gasteiger partial charge in [-0.05, 0) is 68.4 Å². The first kappa shape index (κ1) is 22.3. The molecule has 5 rings (SSSR count). The standard InChI is InChI=1S/C28H23FN4O2/c1-18-15-20(19(2)33(18)22-13-11-21(29)12-14-22)16-30-31-27(34)17-32-25-9-5-3-7-23(25)28(35)24-8-4-6-10-26(24)32/h3-16H,17H2,1-2H3,(H,31,34)/b30-16+. The predicted octanol–water partition coefficient (Wildman–Crippen LogP) is 4.85. The molecule has 0 spiro atoms. The predicted molar refractivity (Wildman–Crippen MR) is 137 cm³/mol. The Hall–Kier alpha value is -4.52. The summed E-state index contributed by atoms with van der Waals surface area (Å²) in [5, 5.41) is 5.30. The minimum Gasteiger partial charge on any atom is -0.331 e. The third kappa shape index (κ3) is 4.12. The number of para-hydroxylation sites is 2. The third-order valence-electron chi connectivity index (χ3n) is 6.13. The van der Waals surface area contributed by atoms with Crippen LogP contribution in [0.1, 0.15) is 17.0 Å². The minimum atomic E-state index is -0.312. The lowest BCUT2D eigenvalue weighted by Crippen LogP contribution is -2.25. The number of carbonyl (C=O) groups is 1. The Labute approximate surface area is 200 Å². The molecule has 2 heterocycles. The topological polar surface area (TPSA) is 68.4 Å². The molecular formula is C28H23FN4O2. The highest BCUT2D eigenvalue weighted by atomic mass is 19.1. The van der Waals surface area contributed by atoms with E-state index in [-0.39, 0.29) is 23.7 Å². The lowest BCUT2D eigenvalue weighted by atomic mass is 10.1. The summed E-state index contributed by atoms with van der Waals surface area (Å²) in [5.41, 5.74) is 7.51. The molecule has 0 bridgehead atoms. The van der Waals surface area contributed by atoms with Crippen molar-refractivity contribution in [1.29, 1.82) is 0 Å². The molecule has 0 aliphatic rings. The number of hydrogen-bond donors (Lipinski definition) is 1. The van der Waals surface area contributed by atoms with Crippen LogP contribution in [-0.4, -0.2) is 21.3 Å². The molecule has 0 saturated carbocycles. The van der Waals surface area contributed by atoms with E-state index in [0.717, 1.165) is 22.6 Å². The van der Waals surface area contributed by atoms with Crippen LogP contribution >= 0.6 is 0 Å². The fraction of sp³-hybridized carbons (Fsp3) is 0.107. The molecule has 174 valence electrons. The van der Waals surface area contributed by atoms with Crippen LogP contribution in [0.15, 0.2) is 88.8 Å². The molecule has 0 aliphatic carbocycles. The van der Waals surface area contributed by atoms with Crippen molar-refractivity contribution >= 4 is 33.9 Å². The van der Waals surface area contributed by atoms with E-state index in [4.69, 9.17) is 0 Å². The number of pyridine rings is 1. The van der Waals surface area contributed by atoms with Gasteiger partial charge in [-0.25, -0.2) is 9.82 Å². The van der Waals surface area contributed by atoms with E-state index in [1.54, 1.807) is 30.5 Å². The van der Waals surface area contributed by atoms with E-state index in [9.17, 15) is 14.0 Å². The van der Waals surface area contributed by atoms with Crippen molar-refractivity contribution in [3.05, 3.63) is 112 Å². The third-order valence-corrected chi connectivity index (χ3v) is 6.13. The van der Waals surface area contributed by atoms with Crippen LogP contribution in [-0.2, 0) is 11.3 Å². The normalized spacial score (nSPS) is 11.5. The van der Waals surface area contributed by atoms with Crippen LogP contribution in [0.2, 0.25) is 0 Å². The number of amides is 1. The number of halogens is 1. The molecule has 7 heteroatoms. The molecule has 0 fully saturated rings. The number of nitrogens with one attached hydrogen (secondary N) is 1. The molecule has 0 saturated heterocycles. The Morgan fingerprint density at radius 3 is 2.17 bits per heavy atom. The Bertz CT molecular complexity index is 1600. The molecule has 5 aromatic rings. The average Bonchev–Trinajstić information content (AvgIpc) is 3.15. The van der Waals surface area contributed by atoms with E-state index in [1.165, 1.54) is 12.1 Å². The molecule has 0 atom stereocenters. The summed E-state index contributed by atoms with van der Waals surface area (Å²) in [4.78, 5) is 25.7. The van der Waals surface area contributed by atoms with Gasteiger partial charge in [0, 0.05) is 33.4 Å². The number of hydrogen-bond acceptors (Lipinski definition) is 3. The number of aryl methyl sites for hydroxylation is 1. The lowest BCUT2D eigenvalue weighted by Gasteiger charge is -2.14. The van der Waals surface area contributed by atoms with Gasteiger partial charge in [-0.2, -0.15) is 5.10 Å². The summed E-state index contributed by atoms with van der Waals surface area (Å²) in [6.45, 7) is 3.91. The summed E-state index contributed by atoms with van der Waals surface area (Å²) < 4.78 is 17.1. The highest BCUT2D eigenvalue weighted by molar-refractivity contribution is 5.95. The minimum absolute atomic E-state index is 0.00719. The second-order valence-electron chi connectivity index (χ2n) is 8.38. The molecule has 1 amide bonds. The second kappa shape index (κ2) is 9.02. The molecule has 6 nitrogen and oxygen atoms in total. The van der Waals surface area contributed by atoms with Gasteiger partial charge >= 0.3 is 0 Å². The van der Waals surface area contributed by atoms with Crippen molar-refractivity contribution in [2.75, 3.05) is 0 Å². The number of carbonyl (C=O) groups excluding carboxylic acids is 1.